The van der Waals surface area contributed by atoms with Gasteiger partial charge >= 0.3 is 0 Å². The van der Waals surface area contributed by atoms with Crippen LogP contribution in [0.5, 0.6) is 0 Å². The van der Waals surface area contributed by atoms with Crippen LogP contribution in [-0.2, 0) is 6.42 Å². The molecule has 0 saturated carbocycles. The third kappa shape index (κ3) is 2.05. The van der Waals surface area contributed by atoms with Gasteiger partial charge in [-0.25, -0.2) is 4.98 Å². The number of aliphatic hydroxyl groups is 1. The summed E-state index contributed by atoms with van der Waals surface area (Å²) < 4.78 is 0. The van der Waals surface area contributed by atoms with E-state index in [-0.39, 0.29) is 6.61 Å². The van der Waals surface area contributed by atoms with Crippen molar-refractivity contribution in [2.45, 2.75) is 19.3 Å². The van der Waals surface area contributed by atoms with Crippen LogP contribution in [0.15, 0.2) is 18.2 Å². The van der Waals surface area contributed by atoms with Crippen molar-refractivity contribution < 1.29 is 5.11 Å². The number of aromatic amines is 1. The highest BCUT2D eigenvalue weighted by atomic mass is 16.2. The van der Waals surface area contributed by atoms with Gasteiger partial charge in [0.05, 0.1) is 11.1 Å². The number of aryl methyl sites for hydroxylation is 1. The van der Waals surface area contributed by atoms with Crippen LogP contribution in [0.1, 0.15) is 24.2 Å². The topological polar surface area (TPSA) is 72.7 Å². The number of H-pyrrole nitrogens is 1. The molecule has 0 aliphatic heterocycles. The molecule has 0 spiro atoms. The van der Waals surface area contributed by atoms with E-state index >= 15 is 0 Å². The van der Waals surface area contributed by atoms with Gasteiger partial charge in [0.1, 0.15) is 17.4 Å². The molecule has 82 valence electrons. The van der Waals surface area contributed by atoms with Crippen molar-refractivity contribution in [1.82, 2.24) is 9.97 Å². The Hall–Kier alpha value is -1.86. The summed E-state index contributed by atoms with van der Waals surface area (Å²) in [6, 6.07) is 7.65. The van der Waals surface area contributed by atoms with Crippen LogP contribution in [0.2, 0.25) is 0 Å². The second-order valence-electron chi connectivity index (χ2n) is 3.68. The van der Waals surface area contributed by atoms with E-state index in [9.17, 15) is 0 Å². The summed E-state index contributed by atoms with van der Waals surface area (Å²) in [6.45, 7) is 0.212. The monoisotopic (exact) mass is 215 g/mol. The molecule has 0 radical (unpaired) electrons. The molecule has 0 bridgehead atoms. The Morgan fingerprint density at radius 2 is 2.25 bits per heavy atom. The number of unbranched alkanes of at least 4 members (excludes halogenated alkanes) is 1. The lowest BCUT2D eigenvalue weighted by molar-refractivity contribution is 0.284. The number of para-hydroxylation sites is 1. The quantitative estimate of drug-likeness (QED) is 0.763. The van der Waals surface area contributed by atoms with Gasteiger partial charge in [-0.05, 0) is 25.0 Å². The standard InChI is InChI=1S/C12H13N3O/c13-8-9-4-3-5-10-12(9)15-11(14-10)6-1-2-7-16/h3-5,16H,1-2,6-7H2,(H,14,15). The van der Waals surface area contributed by atoms with E-state index < -0.39 is 0 Å². The number of hydrogen-bond acceptors (Lipinski definition) is 3. The zero-order chi connectivity index (χ0) is 11.4. The fourth-order valence-corrected chi connectivity index (χ4v) is 1.70. The molecule has 0 aliphatic carbocycles. The highest BCUT2D eigenvalue weighted by Gasteiger charge is 2.06. The minimum absolute atomic E-state index is 0.212. The highest BCUT2D eigenvalue weighted by Crippen LogP contribution is 2.16. The lowest BCUT2D eigenvalue weighted by Gasteiger charge is -1.93. The predicted octanol–water partition coefficient (Wildman–Crippen LogP) is 1.75. The minimum atomic E-state index is 0.212. The molecule has 1 aromatic carbocycles. The molecule has 1 aromatic heterocycles. The van der Waals surface area contributed by atoms with Crippen LogP contribution in [0.25, 0.3) is 11.0 Å². The van der Waals surface area contributed by atoms with E-state index in [1.54, 1.807) is 6.07 Å². The summed E-state index contributed by atoms with van der Waals surface area (Å²) in [4.78, 5) is 7.58. The minimum Gasteiger partial charge on any atom is -0.396 e. The summed E-state index contributed by atoms with van der Waals surface area (Å²) in [7, 11) is 0. The first-order valence-electron chi connectivity index (χ1n) is 5.33. The van der Waals surface area contributed by atoms with Crippen molar-refractivity contribution in [3.63, 3.8) is 0 Å². The van der Waals surface area contributed by atoms with E-state index in [2.05, 4.69) is 16.0 Å². The molecule has 0 saturated heterocycles. The van der Waals surface area contributed by atoms with Crippen molar-refractivity contribution >= 4 is 11.0 Å². The Morgan fingerprint density at radius 1 is 1.38 bits per heavy atom. The summed E-state index contributed by atoms with van der Waals surface area (Å²) in [6.07, 6.45) is 2.49. The van der Waals surface area contributed by atoms with Gasteiger partial charge < -0.3 is 10.1 Å². The second kappa shape index (κ2) is 4.77. The van der Waals surface area contributed by atoms with E-state index in [0.717, 1.165) is 36.1 Å². The lowest BCUT2D eigenvalue weighted by Crippen LogP contribution is -1.90. The van der Waals surface area contributed by atoms with Crippen molar-refractivity contribution in [1.29, 1.82) is 5.26 Å². The average molecular weight is 215 g/mol. The molecule has 4 heteroatoms. The third-order valence-corrected chi connectivity index (χ3v) is 2.50. The van der Waals surface area contributed by atoms with Gasteiger partial charge in [-0.1, -0.05) is 6.07 Å². The first kappa shape index (κ1) is 10.7. The molecule has 2 aromatic rings. The van der Waals surface area contributed by atoms with E-state index in [1.165, 1.54) is 0 Å². The number of fused-ring (bicyclic) bond motifs is 1. The fraction of sp³-hybridized carbons (Fsp3) is 0.333. The van der Waals surface area contributed by atoms with Crippen LogP contribution in [0, 0.1) is 11.3 Å². The molecule has 0 atom stereocenters. The average Bonchev–Trinajstić information content (AvgIpc) is 2.71. The Bertz CT molecular complexity index is 525. The van der Waals surface area contributed by atoms with Crippen LogP contribution in [0.4, 0.5) is 0 Å². The van der Waals surface area contributed by atoms with Gasteiger partial charge in [0.25, 0.3) is 0 Å². The number of benzene rings is 1. The number of rotatable bonds is 4. The number of nitrogens with one attached hydrogen (secondary N) is 1. The number of hydrogen-bond donors (Lipinski definition) is 2. The first-order chi connectivity index (χ1) is 7.85. The predicted molar refractivity (Wildman–Crippen MR) is 60.8 cm³/mol. The third-order valence-electron chi connectivity index (χ3n) is 2.50. The van der Waals surface area contributed by atoms with E-state index in [4.69, 9.17) is 10.4 Å². The number of aromatic nitrogens is 2. The van der Waals surface area contributed by atoms with Gasteiger partial charge in [-0.2, -0.15) is 5.26 Å². The number of nitrogens with zero attached hydrogens (tertiary/aromatic N) is 2. The van der Waals surface area contributed by atoms with Crippen molar-refractivity contribution in [2.75, 3.05) is 6.61 Å². The van der Waals surface area contributed by atoms with Gasteiger partial charge in [-0.15, -0.1) is 0 Å². The van der Waals surface area contributed by atoms with E-state index in [1.807, 2.05) is 12.1 Å². The first-order valence-corrected chi connectivity index (χ1v) is 5.33. The Labute approximate surface area is 93.6 Å². The molecule has 2 rings (SSSR count). The summed E-state index contributed by atoms with van der Waals surface area (Å²) >= 11 is 0. The van der Waals surface area contributed by atoms with Crippen molar-refractivity contribution in [3.05, 3.63) is 29.6 Å². The Morgan fingerprint density at radius 3 is 3.00 bits per heavy atom. The summed E-state index contributed by atoms with van der Waals surface area (Å²) in [5.74, 6) is 0.881. The number of aliphatic hydroxyl groups excluding tert-OH is 1. The van der Waals surface area contributed by atoms with Gasteiger partial charge in [-0.3, -0.25) is 0 Å². The number of imidazole rings is 1. The largest absolute Gasteiger partial charge is 0.396 e. The zero-order valence-electron chi connectivity index (χ0n) is 8.90. The number of nitriles is 1. The van der Waals surface area contributed by atoms with Crippen LogP contribution in [-0.4, -0.2) is 21.7 Å². The second-order valence-corrected chi connectivity index (χ2v) is 3.68. The molecule has 4 nitrogen and oxygen atoms in total. The molecule has 0 amide bonds. The van der Waals surface area contributed by atoms with Gasteiger partial charge in [0.2, 0.25) is 0 Å². The van der Waals surface area contributed by atoms with Crippen molar-refractivity contribution in [3.8, 4) is 6.07 Å². The molecule has 2 N–H and O–H groups in total. The zero-order valence-corrected chi connectivity index (χ0v) is 8.90. The molecule has 0 unspecified atom stereocenters. The molecule has 16 heavy (non-hydrogen) atoms. The van der Waals surface area contributed by atoms with Crippen LogP contribution < -0.4 is 0 Å². The Balaban J connectivity index is 2.26. The fourth-order valence-electron chi connectivity index (χ4n) is 1.70. The molecule has 0 aliphatic rings. The highest BCUT2D eigenvalue weighted by molar-refractivity contribution is 5.81. The normalized spacial score (nSPS) is 10.5. The maximum atomic E-state index is 8.92. The summed E-state index contributed by atoms with van der Waals surface area (Å²) in [5.41, 5.74) is 2.24. The van der Waals surface area contributed by atoms with E-state index in [0.29, 0.717) is 5.56 Å². The van der Waals surface area contributed by atoms with Gasteiger partial charge in [0.15, 0.2) is 0 Å². The Kier molecular flexibility index (Phi) is 3.18. The smallest absolute Gasteiger partial charge is 0.107 e. The maximum absolute atomic E-state index is 8.92. The molecule has 1 heterocycles. The van der Waals surface area contributed by atoms with Crippen LogP contribution in [0.3, 0.4) is 0 Å². The van der Waals surface area contributed by atoms with Crippen LogP contribution >= 0.6 is 0 Å². The molecular weight excluding hydrogens is 202 g/mol. The maximum Gasteiger partial charge on any atom is 0.107 e. The lowest BCUT2D eigenvalue weighted by atomic mass is 10.2. The molecular formula is C12H13N3O. The van der Waals surface area contributed by atoms with Crippen molar-refractivity contribution in [2.24, 2.45) is 0 Å². The van der Waals surface area contributed by atoms with Gasteiger partial charge in [0, 0.05) is 13.0 Å². The SMILES string of the molecule is N#Cc1cccc2[nH]c(CCCCO)nc12. The molecule has 0 fully saturated rings. The summed E-state index contributed by atoms with van der Waals surface area (Å²) in [5, 5.41) is 17.6.